The third-order valence-corrected chi connectivity index (χ3v) is 11.1. The normalized spacial score (nSPS) is 12.4. The van der Waals surface area contributed by atoms with E-state index in [-0.39, 0.29) is 16.0 Å². The van der Waals surface area contributed by atoms with Gasteiger partial charge in [0.05, 0.1) is 27.2 Å². The molecule has 0 bridgehead atoms. The molecule has 0 aliphatic rings. The van der Waals surface area contributed by atoms with Gasteiger partial charge in [0.2, 0.25) is 10.0 Å². The molecule has 0 saturated heterocycles. The minimum Gasteiger partial charge on any atom is -0.457 e. The first-order chi connectivity index (χ1) is 24.0. The Bertz CT molecular complexity index is 1970. The number of hydrogen-bond donors (Lipinski definition) is 2. The first-order valence-corrected chi connectivity index (χ1v) is 21.1. The molecule has 0 saturated carbocycles. The number of rotatable bonds is 21. The number of benzene rings is 3. The van der Waals surface area contributed by atoms with E-state index >= 15 is 0 Å². The molecule has 272 valence electrons. The summed E-state index contributed by atoms with van der Waals surface area (Å²) in [5, 5.41) is 4.85. The number of pyridine rings is 1. The maximum Gasteiger partial charge on any atom is 0.294 e. The largest absolute Gasteiger partial charge is 0.457 e. The molecule has 0 fully saturated rings. The number of hydrogen-bond acceptors (Lipinski definition) is 6. The summed E-state index contributed by atoms with van der Waals surface area (Å²) < 4.78 is 67.9. The van der Waals surface area contributed by atoms with Crippen LogP contribution in [0.4, 0.5) is 0 Å². The summed E-state index contributed by atoms with van der Waals surface area (Å²) >= 11 is 0. The van der Waals surface area contributed by atoms with Crippen molar-refractivity contribution in [2.75, 3.05) is 5.75 Å². The molecule has 1 heterocycles. The number of para-hydroxylation sites is 1. The molecule has 0 atom stereocenters. The van der Waals surface area contributed by atoms with Gasteiger partial charge < -0.3 is 9.30 Å². The van der Waals surface area contributed by atoms with E-state index in [1.165, 1.54) is 76.3 Å². The van der Waals surface area contributed by atoms with Crippen LogP contribution >= 0.6 is 0 Å². The van der Waals surface area contributed by atoms with Crippen molar-refractivity contribution in [2.45, 2.75) is 109 Å². The van der Waals surface area contributed by atoms with Gasteiger partial charge in [0.25, 0.3) is 10.1 Å². The van der Waals surface area contributed by atoms with Crippen LogP contribution in [-0.2, 0) is 27.2 Å². The summed E-state index contributed by atoms with van der Waals surface area (Å²) in [5.41, 5.74) is 3.06. The van der Waals surface area contributed by atoms with Crippen LogP contribution in [-0.4, -0.2) is 31.7 Å². The highest BCUT2D eigenvalue weighted by Gasteiger charge is 2.17. The monoisotopic (exact) mass is 723 g/mol. The van der Waals surface area contributed by atoms with Crippen molar-refractivity contribution >= 4 is 31.0 Å². The number of fused-ring (bicyclic) bond motifs is 1. The Morgan fingerprint density at radius 3 is 1.92 bits per heavy atom. The van der Waals surface area contributed by atoms with Gasteiger partial charge in [-0.15, -0.1) is 0 Å². The van der Waals surface area contributed by atoms with Crippen molar-refractivity contribution in [3.05, 3.63) is 83.7 Å². The fourth-order valence-corrected chi connectivity index (χ4v) is 7.53. The van der Waals surface area contributed by atoms with Gasteiger partial charge >= 0.3 is 0 Å². The Morgan fingerprint density at radius 1 is 0.740 bits per heavy atom. The maximum absolute atomic E-state index is 13.0. The highest BCUT2D eigenvalue weighted by Crippen LogP contribution is 2.34. The van der Waals surface area contributed by atoms with Gasteiger partial charge in [-0.2, -0.15) is 13.5 Å². The molecular weight excluding hydrogens is 671 g/mol. The van der Waals surface area contributed by atoms with E-state index in [9.17, 15) is 21.4 Å². The lowest BCUT2D eigenvalue weighted by molar-refractivity contribution is 0.483. The minimum atomic E-state index is -4.52. The Balaban J connectivity index is 1.45. The standard InChI is InChI=1S/C39H53N3O6S2/c1-4-5-6-7-8-9-10-11-12-13-14-15-16-19-28-49(43,44)41-40-36-30-38(42(3)37-27-26-33(29-35(36)37)50(45,46)47)34-20-17-18-21-39(34)48-32-24-22-31(2)23-25-32/h17-18,20-27,29-30,41H,4-16,19,28H2,1-3H3,(H,45,46,47). The van der Waals surface area contributed by atoms with E-state index in [2.05, 4.69) is 16.9 Å². The second-order valence-corrected chi connectivity index (χ2v) is 16.4. The van der Waals surface area contributed by atoms with E-state index < -0.39 is 20.1 Å². The molecule has 4 rings (SSSR count). The summed E-state index contributed by atoms with van der Waals surface area (Å²) in [4.78, 5) is 2.06. The average Bonchev–Trinajstić information content (AvgIpc) is 3.09. The summed E-state index contributed by atoms with van der Waals surface area (Å²) in [7, 11) is -6.46. The topological polar surface area (TPSA) is 127 Å². The van der Waals surface area contributed by atoms with Crippen LogP contribution in [0.1, 0.15) is 102 Å². The van der Waals surface area contributed by atoms with E-state index in [1.54, 1.807) is 12.1 Å². The molecule has 2 N–H and O–H groups in total. The Morgan fingerprint density at radius 2 is 1.32 bits per heavy atom. The molecule has 0 amide bonds. The highest BCUT2D eigenvalue weighted by molar-refractivity contribution is 7.89. The number of aromatic nitrogens is 1. The molecule has 50 heavy (non-hydrogen) atoms. The highest BCUT2D eigenvalue weighted by atomic mass is 32.2. The smallest absolute Gasteiger partial charge is 0.294 e. The maximum atomic E-state index is 13.0. The fourth-order valence-electron chi connectivity index (χ4n) is 6.11. The molecular formula is C39H53N3O6S2. The van der Waals surface area contributed by atoms with Gasteiger partial charge in [0.1, 0.15) is 11.5 Å². The summed E-state index contributed by atoms with van der Waals surface area (Å²) in [5.74, 6) is 1.17. The second-order valence-electron chi connectivity index (χ2n) is 13.2. The van der Waals surface area contributed by atoms with E-state index in [0.717, 1.165) is 30.4 Å². The van der Waals surface area contributed by atoms with Crippen LogP contribution in [0, 0.1) is 6.92 Å². The minimum absolute atomic E-state index is 0.0660. The van der Waals surface area contributed by atoms with Crippen molar-refractivity contribution in [1.29, 1.82) is 0 Å². The van der Waals surface area contributed by atoms with Crippen LogP contribution < -0.4 is 14.9 Å². The number of nitrogens with one attached hydrogen (secondary N) is 1. The molecule has 3 aromatic carbocycles. The van der Waals surface area contributed by atoms with Crippen LogP contribution in [0.3, 0.4) is 0 Å². The first-order valence-electron chi connectivity index (χ1n) is 18.0. The quantitative estimate of drug-likeness (QED) is 0.0501. The van der Waals surface area contributed by atoms with E-state index in [1.807, 2.05) is 67.1 Å². The molecule has 4 aromatic rings. The van der Waals surface area contributed by atoms with Gasteiger partial charge in [-0.25, -0.2) is 13.2 Å². The van der Waals surface area contributed by atoms with Crippen molar-refractivity contribution in [3.63, 3.8) is 0 Å². The molecule has 9 nitrogen and oxygen atoms in total. The lowest BCUT2D eigenvalue weighted by atomic mass is 10.0. The van der Waals surface area contributed by atoms with Crippen LogP contribution in [0.15, 0.2) is 82.8 Å². The molecule has 0 aliphatic heterocycles. The summed E-state index contributed by atoms with van der Waals surface area (Å²) in [6.45, 7) is 4.24. The molecule has 1 aromatic heterocycles. The van der Waals surface area contributed by atoms with Crippen molar-refractivity contribution in [2.24, 2.45) is 12.1 Å². The van der Waals surface area contributed by atoms with Crippen molar-refractivity contribution < 1.29 is 26.1 Å². The number of sulfonamides is 1. The van der Waals surface area contributed by atoms with Crippen molar-refractivity contribution in [1.82, 2.24) is 9.40 Å². The predicted octanol–water partition coefficient (Wildman–Crippen LogP) is 9.41. The third-order valence-electron chi connectivity index (χ3n) is 9.02. The number of aryl methyl sites for hydroxylation is 2. The van der Waals surface area contributed by atoms with E-state index in [0.29, 0.717) is 34.5 Å². The van der Waals surface area contributed by atoms with Gasteiger partial charge in [-0.1, -0.05) is 120 Å². The third kappa shape index (κ3) is 12.0. The molecule has 0 unspecified atom stereocenters. The number of nitrogens with zero attached hydrogens (tertiary/aromatic N) is 2. The zero-order chi connectivity index (χ0) is 36.0. The molecule has 0 spiro atoms. The molecule has 11 heteroatoms. The van der Waals surface area contributed by atoms with Gasteiger partial charge in [-0.05, 0) is 61.9 Å². The average molecular weight is 724 g/mol. The second kappa shape index (κ2) is 19.1. The predicted molar refractivity (Wildman–Crippen MR) is 202 cm³/mol. The van der Waals surface area contributed by atoms with Crippen molar-refractivity contribution in [3.8, 4) is 22.8 Å². The van der Waals surface area contributed by atoms with Gasteiger partial charge in [-0.3, -0.25) is 4.55 Å². The Kier molecular flexibility index (Phi) is 14.9. The summed E-state index contributed by atoms with van der Waals surface area (Å²) in [6.07, 6.45) is 16.5. The summed E-state index contributed by atoms with van der Waals surface area (Å²) in [6, 6.07) is 21.0. The number of unbranched alkanes of at least 4 members (excludes halogenated alkanes) is 13. The fraction of sp³-hybridized carbons (Fsp3) is 0.462. The zero-order valence-corrected chi connectivity index (χ0v) is 31.4. The Hall–Kier alpha value is -3.67. The van der Waals surface area contributed by atoms with Crippen LogP contribution in [0.5, 0.6) is 11.5 Å². The van der Waals surface area contributed by atoms with Crippen LogP contribution in [0.2, 0.25) is 0 Å². The van der Waals surface area contributed by atoms with Gasteiger partial charge in [0.15, 0.2) is 0 Å². The first kappa shape index (κ1) is 39.1. The molecule has 0 radical (unpaired) electrons. The molecule has 0 aliphatic carbocycles. The van der Waals surface area contributed by atoms with Gasteiger partial charge in [0, 0.05) is 18.0 Å². The van der Waals surface area contributed by atoms with Crippen LogP contribution in [0.25, 0.3) is 22.2 Å². The Labute approximate surface area is 298 Å². The number of ether oxygens (including phenoxy) is 1. The lowest BCUT2D eigenvalue weighted by Gasteiger charge is -2.17. The lowest BCUT2D eigenvalue weighted by Crippen LogP contribution is -2.25. The van der Waals surface area contributed by atoms with E-state index in [4.69, 9.17) is 4.74 Å². The zero-order valence-electron chi connectivity index (χ0n) is 29.7. The SMILES string of the molecule is CCCCCCCCCCCCCCCCS(=O)(=O)NN=c1cc(-c2ccccc2Oc2ccc(C)cc2)n(C)c2ccc(S(=O)(=O)O)cc12.